The summed E-state index contributed by atoms with van der Waals surface area (Å²) in [6.07, 6.45) is 2.47. The van der Waals surface area contributed by atoms with Gasteiger partial charge in [0.1, 0.15) is 11.5 Å². The van der Waals surface area contributed by atoms with E-state index >= 15 is 0 Å². The molecule has 0 bridgehead atoms. The van der Waals surface area contributed by atoms with Crippen molar-refractivity contribution in [2.24, 2.45) is 0 Å². The Labute approximate surface area is 203 Å². The highest BCUT2D eigenvalue weighted by Crippen LogP contribution is 2.39. The largest absolute Gasteiger partial charge is 0.497 e. The van der Waals surface area contributed by atoms with Gasteiger partial charge in [0.2, 0.25) is 0 Å². The van der Waals surface area contributed by atoms with E-state index in [-0.39, 0.29) is 11.8 Å². The van der Waals surface area contributed by atoms with Crippen molar-refractivity contribution in [3.8, 4) is 11.5 Å². The summed E-state index contributed by atoms with van der Waals surface area (Å²) in [6, 6.07) is 18.9. The number of nitrogens with one attached hydrogen (secondary N) is 2. The van der Waals surface area contributed by atoms with E-state index in [1.807, 2.05) is 61.5 Å². The number of aryl methyl sites for hydroxylation is 1. The zero-order valence-electron chi connectivity index (χ0n) is 19.3. The molecule has 2 amide bonds. The Hall–Kier alpha value is -3.71. The van der Waals surface area contributed by atoms with E-state index in [1.54, 1.807) is 26.4 Å². The molecule has 0 aliphatic carbocycles. The van der Waals surface area contributed by atoms with Crippen molar-refractivity contribution in [2.75, 3.05) is 26.1 Å². The molecule has 0 spiro atoms. The minimum absolute atomic E-state index is 0.179. The smallest absolute Gasteiger partial charge is 0.262 e. The van der Waals surface area contributed by atoms with Crippen LogP contribution in [-0.4, -0.2) is 32.6 Å². The highest BCUT2D eigenvalue weighted by atomic mass is 32.2. The number of carbonyl (C=O) groups is 2. The summed E-state index contributed by atoms with van der Waals surface area (Å²) < 4.78 is 10.7. The molecule has 0 saturated heterocycles. The Morgan fingerprint density at radius 2 is 1.91 bits per heavy atom. The van der Waals surface area contributed by atoms with E-state index in [0.717, 1.165) is 33.1 Å². The first kappa shape index (κ1) is 23.4. The van der Waals surface area contributed by atoms with Crippen molar-refractivity contribution in [1.29, 1.82) is 0 Å². The molecule has 1 aliphatic heterocycles. The number of hydrogen-bond donors (Lipinski definition) is 2. The lowest BCUT2D eigenvalue weighted by Gasteiger charge is -2.19. The summed E-state index contributed by atoms with van der Waals surface area (Å²) in [5, 5.41) is 5.85. The number of thioether (sulfide) groups is 1. The summed E-state index contributed by atoms with van der Waals surface area (Å²) in [5.74, 6) is 1.10. The zero-order chi connectivity index (χ0) is 24.1. The lowest BCUT2D eigenvalue weighted by atomic mass is 10.1. The lowest BCUT2D eigenvalue weighted by Crippen LogP contribution is -2.26. The molecule has 174 valence electrons. The fourth-order valence-electron chi connectivity index (χ4n) is 3.70. The van der Waals surface area contributed by atoms with E-state index in [4.69, 9.17) is 9.47 Å². The Morgan fingerprint density at radius 3 is 2.68 bits per heavy atom. The molecule has 0 fully saturated rings. The molecule has 0 unspecified atom stereocenters. The van der Waals surface area contributed by atoms with Gasteiger partial charge in [-0.25, -0.2) is 0 Å². The maximum atomic E-state index is 12.7. The Balaban J connectivity index is 1.42. The maximum Gasteiger partial charge on any atom is 0.262 e. The third-order valence-corrected chi connectivity index (χ3v) is 6.54. The van der Waals surface area contributed by atoms with Gasteiger partial charge in [0, 0.05) is 17.0 Å². The number of rotatable bonds is 7. The number of benzene rings is 3. The lowest BCUT2D eigenvalue weighted by molar-refractivity contribution is -0.112. The standard InChI is InChI=1S/C27H26N2O4S/c1-17-5-4-6-18(13-17)14-25-27(31)29-22-16-20(7-10-24(22)34-25)26(30)28-12-11-19-15-21(32-2)8-9-23(19)33-3/h4-10,13-16H,11-12H2,1-3H3,(H,28,30)(H,29,31). The van der Waals surface area contributed by atoms with Crippen molar-refractivity contribution < 1.29 is 19.1 Å². The van der Waals surface area contributed by atoms with Crippen LogP contribution >= 0.6 is 11.8 Å². The van der Waals surface area contributed by atoms with Gasteiger partial charge in [-0.1, -0.05) is 41.6 Å². The zero-order valence-corrected chi connectivity index (χ0v) is 20.1. The number of ether oxygens (including phenoxy) is 2. The molecule has 4 rings (SSSR count). The number of carbonyl (C=O) groups excluding carboxylic acids is 2. The summed E-state index contributed by atoms with van der Waals surface area (Å²) in [4.78, 5) is 26.9. The highest BCUT2D eigenvalue weighted by molar-refractivity contribution is 8.04. The highest BCUT2D eigenvalue weighted by Gasteiger charge is 2.22. The Morgan fingerprint density at radius 1 is 1.06 bits per heavy atom. The fourth-order valence-corrected chi connectivity index (χ4v) is 4.63. The van der Waals surface area contributed by atoms with Crippen LogP contribution in [0.5, 0.6) is 11.5 Å². The quantitative estimate of drug-likeness (QED) is 0.468. The summed E-state index contributed by atoms with van der Waals surface area (Å²) in [6.45, 7) is 2.45. The number of hydrogen-bond acceptors (Lipinski definition) is 5. The molecule has 0 atom stereocenters. The molecule has 0 aromatic heterocycles. The Bertz CT molecular complexity index is 1270. The predicted octanol–water partition coefficient (Wildman–Crippen LogP) is 5.07. The monoisotopic (exact) mass is 474 g/mol. The number of fused-ring (bicyclic) bond motifs is 1. The number of methoxy groups -OCH3 is 2. The van der Waals surface area contributed by atoms with Gasteiger partial charge in [-0.15, -0.1) is 0 Å². The van der Waals surface area contributed by atoms with Crippen molar-refractivity contribution in [2.45, 2.75) is 18.2 Å². The minimum Gasteiger partial charge on any atom is -0.497 e. The Kier molecular flexibility index (Phi) is 7.23. The molecule has 3 aromatic rings. The van der Waals surface area contributed by atoms with Gasteiger partial charge in [0.05, 0.1) is 24.8 Å². The van der Waals surface area contributed by atoms with Gasteiger partial charge >= 0.3 is 0 Å². The van der Waals surface area contributed by atoms with Gasteiger partial charge in [-0.2, -0.15) is 0 Å². The average Bonchev–Trinajstić information content (AvgIpc) is 2.84. The molecule has 6 nitrogen and oxygen atoms in total. The third kappa shape index (κ3) is 5.43. The number of anilines is 1. The van der Waals surface area contributed by atoms with Gasteiger partial charge in [-0.05, 0) is 66.9 Å². The van der Waals surface area contributed by atoms with Crippen molar-refractivity contribution in [3.05, 3.63) is 87.8 Å². The normalized spacial score (nSPS) is 13.7. The van der Waals surface area contributed by atoms with E-state index in [9.17, 15) is 9.59 Å². The van der Waals surface area contributed by atoms with Crippen LogP contribution in [0.3, 0.4) is 0 Å². The summed E-state index contributed by atoms with van der Waals surface area (Å²) in [7, 11) is 3.23. The van der Waals surface area contributed by atoms with Gasteiger partial charge in [0.15, 0.2) is 0 Å². The molecule has 1 heterocycles. The molecule has 3 aromatic carbocycles. The second-order valence-electron chi connectivity index (χ2n) is 7.87. The van der Waals surface area contributed by atoms with Crippen LogP contribution in [0.4, 0.5) is 5.69 Å². The number of amides is 2. The first-order valence-corrected chi connectivity index (χ1v) is 11.7. The minimum atomic E-state index is -0.204. The second kappa shape index (κ2) is 10.5. The molecular weight excluding hydrogens is 448 g/mol. The van der Waals surface area contributed by atoms with E-state index in [0.29, 0.717) is 29.1 Å². The molecule has 2 N–H and O–H groups in total. The van der Waals surface area contributed by atoms with Gasteiger partial charge in [0.25, 0.3) is 11.8 Å². The van der Waals surface area contributed by atoms with Crippen LogP contribution in [0.15, 0.2) is 70.5 Å². The molecule has 0 radical (unpaired) electrons. The third-order valence-electron chi connectivity index (χ3n) is 5.44. The summed E-state index contributed by atoms with van der Waals surface area (Å²) >= 11 is 1.40. The van der Waals surface area contributed by atoms with Crippen LogP contribution in [-0.2, 0) is 11.2 Å². The SMILES string of the molecule is COc1ccc(OC)c(CCNC(=O)c2ccc3c(c2)NC(=O)C(=Cc2cccc(C)c2)S3)c1. The van der Waals surface area contributed by atoms with Gasteiger partial charge < -0.3 is 20.1 Å². The van der Waals surface area contributed by atoms with E-state index < -0.39 is 0 Å². The van der Waals surface area contributed by atoms with Crippen molar-refractivity contribution in [3.63, 3.8) is 0 Å². The van der Waals surface area contributed by atoms with Crippen molar-refractivity contribution in [1.82, 2.24) is 5.32 Å². The maximum absolute atomic E-state index is 12.7. The van der Waals surface area contributed by atoms with E-state index in [1.165, 1.54) is 11.8 Å². The second-order valence-corrected chi connectivity index (χ2v) is 8.96. The molecular formula is C27H26N2O4S. The summed E-state index contributed by atoms with van der Waals surface area (Å²) in [5.41, 5.74) is 4.19. The van der Waals surface area contributed by atoms with Crippen LogP contribution in [0, 0.1) is 6.92 Å². The van der Waals surface area contributed by atoms with Crippen LogP contribution in [0.2, 0.25) is 0 Å². The molecule has 7 heteroatoms. The molecule has 1 aliphatic rings. The van der Waals surface area contributed by atoms with Crippen LogP contribution in [0.25, 0.3) is 6.08 Å². The van der Waals surface area contributed by atoms with Crippen molar-refractivity contribution >= 4 is 35.3 Å². The average molecular weight is 475 g/mol. The topological polar surface area (TPSA) is 76.7 Å². The first-order valence-electron chi connectivity index (χ1n) is 10.9. The van der Waals surface area contributed by atoms with Gasteiger partial charge in [-0.3, -0.25) is 9.59 Å². The van der Waals surface area contributed by atoms with Crippen LogP contribution in [0.1, 0.15) is 27.0 Å². The van der Waals surface area contributed by atoms with Crippen LogP contribution < -0.4 is 20.1 Å². The first-order chi connectivity index (χ1) is 16.5. The predicted molar refractivity (Wildman–Crippen MR) is 136 cm³/mol. The molecule has 0 saturated carbocycles. The fraction of sp³-hybridized carbons (Fsp3) is 0.185. The van der Waals surface area contributed by atoms with E-state index in [2.05, 4.69) is 10.6 Å². The molecule has 34 heavy (non-hydrogen) atoms.